The normalized spacial score (nSPS) is 12.5. The number of aryl methyl sites for hydroxylation is 1. The van der Waals surface area contributed by atoms with E-state index in [1.165, 1.54) is 48.8 Å². The lowest BCUT2D eigenvalue weighted by Crippen LogP contribution is -2.47. The molecule has 2 N–H and O–H groups in total. The summed E-state index contributed by atoms with van der Waals surface area (Å²) in [7, 11) is -4.22. The molecule has 0 aliphatic rings. The van der Waals surface area contributed by atoms with E-state index in [4.69, 9.17) is 16.3 Å². The van der Waals surface area contributed by atoms with Gasteiger partial charge in [0.25, 0.3) is 10.0 Å². The minimum Gasteiger partial charge on any atom is -0.480 e. The lowest BCUT2D eigenvalue weighted by molar-refractivity contribution is -0.138. The third-order valence-electron chi connectivity index (χ3n) is 5.46. The lowest BCUT2D eigenvalue weighted by Gasteiger charge is -2.32. The largest absolute Gasteiger partial charge is 0.480 e. The Kier molecular flexibility index (Phi) is 8.87. The highest BCUT2D eigenvalue weighted by atomic mass is 35.5. The van der Waals surface area contributed by atoms with E-state index < -0.39 is 39.5 Å². The second-order valence-electron chi connectivity index (χ2n) is 9.78. The van der Waals surface area contributed by atoms with Gasteiger partial charge in [0.2, 0.25) is 0 Å². The molecule has 0 aliphatic heterocycles. The molecule has 1 aromatic heterocycles. The van der Waals surface area contributed by atoms with Gasteiger partial charge in [-0.15, -0.1) is 0 Å². The Bertz CT molecular complexity index is 1510. The number of halogens is 2. The molecule has 1 amide bonds. The summed E-state index contributed by atoms with van der Waals surface area (Å²) in [5.41, 5.74) is -0.0699. The van der Waals surface area contributed by atoms with Crippen molar-refractivity contribution in [1.82, 2.24) is 4.98 Å². The van der Waals surface area contributed by atoms with E-state index in [1.54, 1.807) is 40.7 Å². The molecule has 12 heteroatoms. The van der Waals surface area contributed by atoms with Crippen molar-refractivity contribution in [3.05, 3.63) is 71.3 Å². The van der Waals surface area contributed by atoms with Gasteiger partial charge >= 0.3 is 12.1 Å². The summed E-state index contributed by atoms with van der Waals surface area (Å²) in [5.74, 6) is -1.89. The van der Waals surface area contributed by atoms with E-state index >= 15 is 0 Å². The Morgan fingerprint density at radius 3 is 2.44 bits per heavy atom. The van der Waals surface area contributed by atoms with E-state index in [2.05, 4.69) is 9.71 Å². The van der Waals surface area contributed by atoms with Crippen molar-refractivity contribution in [2.45, 2.75) is 57.6 Å². The Balaban J connectivity index is 2.28. The van der Waals surface area contributed by atoms with Crippen LogP contribution in [-0.2, 0) is 19.6 Å². The Hall–Kier alpha value is -3.70. The first kappa shape index (κ1) is 29.9. The number of benzene rings is 2. The Labute approximate surface area is 231 Å². The van der Waals surface area contributed by atoms with Gasteiger partial charge in [-0.3, -0.25) is 14.6 Å². The second-order valence-corrected chi connectivity index (χ2v) is 11.9. The maximum absolute atomic E-state index is 14.1. The Morgan fingerprint density at radius 2 is 1.87 bits per heavy atom. The number of carbonyl (C=O) groups excluding carboxylic acids is 1. The van der Waals surface area contributed by atoms with Gasteiger partial charge in [-0.05, 0) is 75.6 Å². The minimum absolute atomic E-state index is 0.00737. The molecule has 9 nitrogen and oxygen atoms in total. The summed E-state index contributed by atoms with van der Waals surface area (Å²) in [6.07, 6.45) is 1.66. The van der Waals surface area contributed by atoms with E-state index in [9.17, 15) is 27.5 Å². The molecule has 1 atom stereocenters. The fraction of sp³-hybridized carbons (Fsp3) is 0.296. The number of carboxylic acid groups (broad SMARTS) is 1. The first-order chi connectivity index (χ1) is 18.1. The monoisotopic (exact) mass is 577 g/mol. The van der Waals surface area contributed by atoms with Crippen molar-refractivity contribution in [2.24, 2.45) is 0 Å². The van der Waals surface area contributed by atoms with E-state index in [0.717, 1.165) is 4.90 Å². The summed E-state index contributed by atoms with van der Waals surface area (Å²) in [5, 5.41) is 9.80. The molecule has 1 unspecified atom stereocenters. The third-order valence-corrected chi connectivity index (χ3v) is 7.10. The van der Waals surface area contributed by atoms with Crippen LogP contribution in [-0.4, -0.2) is 42.2 Å². The number of anilines is 2. The molecule has 3 aromatic rings. The minimum atomic E-state index is -4.22. The molecule has 0 bridgehead atoms. The molecule has 0 fully saturated rings. The second kappa shape index (κ2) is 11.6. The van der Waals surface area contributed by atoms with Gasteiger partial charge in [-0.25, -0.2) is 22.4 Å². The maximum Gasteiger partial charge on any atom is 0.415 e. The average molecular weight is 578 g/mol. The molecular weight excluding hydrogens is 549 g/mol. The van der Waals surface area contributed by atoms with E-state index in [1.807, 2.05) is 0 Å². The number of nitrogens with one attached hydrogen (secondary N) is 1. The number of hydrogen-bond donors (Lipinski definition) is 2. The fourth-order valence-corrected chi connectivity index (χ4v) is 5.15. The zero-order valence-electron chi connectivity index (χ0n) is 22.0. The number of amides is 1. The number of hydrogen-bond acceptors (Lipinski definition) is 6. The van der Waals surface area contributed by atoms with Crippen molar-refractivity contribution in [3.63, 3.8) is 0 Å². The number of nitrogens with zero attached hydrogens (tertiary/aromatic N) is 2. The predicted octanol–water partition coefficient (Wildman–Crippen LogP) is 6.26. The summed E-state index contributed by atoms with van der Waals surface area (Å²) >= 11 is 6.59. The Morgan fingerprint density at radius 1 is 1.18 bits per heavy atom. The predicted molar refractivity (Wildman–Crippen MR) is 147 cm³/mol. The highest BCUT2D eigenvalue weighted by Gasteiger charge is 2.35. The topological polar surface area (TPSA) is 126 Å². The molecule has 3 rings (SSSR count). The summed E-state index contributed by atoms with van der Waals surface area (Å²) < 4.78 is 48.7. The molecule has 208 valence electrons. The number of pyridine rings is 1. The van der Waals surface area contributed by atoms with Gasteiger partial charge in [-0.2, -0.15) is 0 Å². The standard InChI is InChI=1S/C27H29ClFN3O6S/c1-6-23(25(33)34)32(26(35)38-27(3,4)5)24-13-22(31-39(36,37)19-10-16(2)14-30-15-19)20(12-21(24)28)17-8-7-9-18(29)11-17/h7-15,23,31H,6H2,1-5H3,(H,33,34). The van der Waals surface area contributed by atoms with Crippen molar-refractivity contribution < 1.29 is 32.2 Å². The molecule has 39 heavy (non-hydrogen) atoms. The molecule has 0 saturated heterocycles. The van der Waals surface area contributed by atoms with Crippen LogP contribution < -0.4 is 9.62 Å². The van der Waals surface area contributed by atoms with E-state index in [0.29, 0.717) is 5.56 Å². The number of sulfonamides is 1. The van der Waals surface area contributed by atoms with Gasteiger partial charge in [0.15, 0.2) is 0 Å². The quantitative estimate of drug-likeness (QED) is 0.324. The molecular formula is C27H29ClFN3O6S. The SMILES string of the molecule is CCC(C(=O)O)N(C(=O)OC(C)(C)C)c1cc(NS(=O)(=O)c2cncc(C)c2)c(-c2cccc(F)c2)cc1Cl. The van der Waals surface area contributed by atoms with Crippen LogP contribution in [0.4, 0.5) is 20.6 Å². The van der Waals surface area contributed by atoms with Crippen LogP contribution in [0.15, 0.2) is 59.8 Å². The lowest BCUT2D eigenvalue weighted by atomic mass is 10.0. The number of carboxylic acids is 1. The van der Waals surface area contributed by atoms with Crippen LogP contribution in [0.5, 0.6) is 0 Å². The summed E-state index contributed by atoms with van der Waals surface area (Å²) in [6.45, 7) is 8.11. The van der Waals surface area contributed by atoms with Crippen LogP contribution in [0.1, 0.15) is 39.7 Å². The zero-order chi connectivity index (χ0) is 29.1. The highest BCUT2D eigenvalue weighted by Crippen LogP contribution is 2.40. The molecule has 0 saturated carbocycles. The van der Waals surface area contributed by atoms with Gasteiger partial charge in [0, 0.05) is 18.0 Å². The molecule has 2 aromatic carbocycles. The van der Waals surface area contributed by atoms with Crippen molar-refractivity contribution in [3.8, 4) is 11.1 Å². The number of aromatic nitrogens is 1. The van der Waals surface area contributed by atoms with Gasteiger partial charge < -0.3 is 9.84 Å². The molecule has 0 spiro atoms. The number of ether oxygens (including phenoxy) is 1. The zero-order valence-corrected chi connectivity index (χ0v) is 23.6. The van der Waals surface area contributed by atoms with Crippen molar-refractivity contribution >= 4 is 45.1 Å². The average Bonchev–Trinajstić information content (AvgIpc) is 2.82. The third kappa shape index (κ3) is 7.24. The van der Waals surface area contributed by atoms with E-state index in [-0.39, 0.29) is 38.8 Å². The van der Waals surface area contributed by atoms with Gasteiger partial charge in [0.1, 0.15) is 22.4 Å². The number of carbonyl (C=O) groups is 2. The highest BCUT2D eigenvalue weighted by molar-refractivity contribution is 7.92. The smallest absolute Gasteiger partial charge is 0.415 e. The van der Waals surface area contributed by atoms with Crippen LogP contribution in [0.25, 0.3) is 11.1 Å². The van der Waals surface area contributed by atoms with Crippen molar-refractivity contribution in [1.29, 1.82) is 0 Å². The van der Waals surface area contributed by atoms with Crippen LogP contribution in [0, 0.1) is 12.7 Å². The number of rotatable bonds is 8. The van der Waals surface area contributed by atoms with Crippen LogP contribution >= 0.6 is 11.6 Å². The van der Waals surface area contributed by atoms with Gasteiger partial charge in [-0.1, -0.05) is 30.7 Å². The van der Waals surface area contributed by atoms with Gasteiger partial charge in [0.05, 0.1) is 16.4 Å². The molecule has 1 heterocycles. The van der Waals surface area contributed by atoms with Crippen LogP contribution in [0.2, 0.25) is 5.02 Å². The first-order valence-electron chi connectivity index (χ1n) is 11.9. The molecule has 0 radical (unpaired) electrons. The summed E-state index contributed by atoms with van der Waals surface area (Å²) in [4.78, 5) is 30.1. The molecule has 0 aliphatic carbocycles. The number of aliphatic carboxylic acids is 1. The first-order valence-corrected chi connectivity index (χ1v) is 13.8. The van der Waals surface area contributed by atoms with Crippen LogP contribution in [0.3, 0.4) is 0 Å². The van der Waals surface area contributed by atoms with Crippen molar-refractivity contribution in [2.75, 3.05) is 9.62 Å². The summed E-state index contributed by atoms with van der Waals surface area (Å²) in [6, 6.07) is 8.02. The fourth-order valence-electron chi connectivity index (χ4n) is 3.78. The maximum atomic E-state index is 14.1.